The van der Waals surface area contributed by atoms with Crippen molar-refractivity contribution in [2.45, 2.75) is 26.9 Å². The van der Waals surface area contributed by atoms with Gasteiger partial charge in [-0.2, -0.15) is 0 Å². The van der Waals surface area contributed by atoms with E-state index in [0.717, 1.165) is 17.7 Å². The molecular weight excluding hydrogens is 374 g/mol. The zero-order chi connectivity index (χ0) is 20.1. The number of anilines is 2. The van der Waals surface area contributed by atoms with Crippen LogP contribution in [0.25, 0.3) is 0 Å². The first-order valence-corrected chi connectivity index (χ1v) is 9.73. The molecule has 0 fully saturated rings. The largest absolute Gasteiger partial charge is 0.486 e. The highest BCUT2D eigenvalue weighted by Gasteiger charge is 2.20. The molecule has 144 valence electrons. The molecule has 2 amide bonds. The first-order valence-electron chi connectivity index (χ1n) is 8.86. The van der Waals surface area contributed by atoms with Crippen molar-refractivity contribution in [3.05, 3.63) is 70.7 Å². The van der Waals surface area contributed by atoms with Crippen molar-refractivity contribution in [3.63, 3.8) is 0 Å². The predicted octanol–water partition coefficient (Wildman–Crippen LogP) is 4.07. The second-order valence-electron chi connectivity index (χ2n) is 6.11. The number of benzene rings is 2. The van der Waals surface area contributed by atoms with E-state index >= 15 is 0 Å². The number of thiazole rings is 1. The molecule has 28 heavy (non-hydrogen) atoms. The number of nitrogens with two attached hydrogens (primary N) is 1. The van der Waals surface area contributed by atoms with Gasteiger partial charge in [-0.05, 0) is 30.2 Å². The lowest BCUT2D eigenvalue weighted by molar-refractivity contribution is -0.115. The van der Waals surface area contributed by atoms with Gasteiger partial charge in [-0.1, -0.05) is 37.3 Å². The lowest BCUT2D eigenvalue weighted by Crippen LogP contribution is -2.23. The summed E-state index contributed by atoms with van der Waals surface area (Å²) in [6, 6.07) is 14.6. The number of carbonyl (C=O) groups is 2. The van der Waals surface area contributed by atoms with Gasteiger partial charge in [-0.25, -0.2) is 4.98 Å². The van der Waals surface area contributed by atoms with Crippen LogP contribution >= 0.6 is 11.3 Å². The van der Waals surface area contributed by atoms with Crippen molar-refractivity contribution in [2.75, 3.05) is 4.90 Å². The summed E-state index contributed by atoms with van der Waals surface area (Å²) in [7, 11) is 0. The average Bonchev–Trinajstić information content (AvgIpc) is 3.15. The lowest BCUT2D eigenvalue weighted by atomic mass is 10.1. The monoisotopic (exact) mass is 395 g/mol. The van der Waals surface area contributed by atoms with Gasteiger partial charge in [0.05, 0.1) is 16.9 Å². The number of aryl methyl sites for hydroxylation is 1. The Kier molecular flexibility index (Phi) is 6.06. The number of para-hydroxylation sites is 2. The fraction of sp³-hybridized carbons (Fsp3) is 0.190. The Morgan fingerprint density at radius 3 is 2.57 bits per heavy atom. The minimum Gasteiger partial charge on any atom is -0.486 e. The van der Waals surface area contributed by atoms with Gasteiger partial charge >= 0.3 is 0 Å². The highest BCUT2D eigenvalue weighted by atomic mass is 32.1. The number of ether oxygens (including phenoxy) is 1. The summed E-state index contributed by atoms with van der Waals surface area (Å²) in [5.41, 5.74) is 8.26. The van der Waals surface area contributed by atoms with Gasteiger partial charge in [0.1, 0.15) is 12.4 Å². The van der Waals surface area contributed by atoms with Crippen molar-refractivity contribution < 1.29 is 14.3 Å². The molecule has 0 unspecified atom stereocenters. The van der Waals surface area contributed by atoms with Crippen LogP contribution in [-0.2, 0) is 17.8 Å². The first kappa shape index (κ1) is 19.6. The van der Waals surface area contributed by atoms with Gasteiger partial charge in [-0.3, -0.25) is 14.5 Å². The molecule has 1 aromatic heterocycles. The molecule has 6 nitrogen and oxygen atoms in total. The molecule has 7 heteroatoms. The molecule has 0 spiro atoms. The van der Waals surface area contributed by atoms with Gasteiger partial charge < -0.3 is 10.5 Å². The van der Waals surface area contributed by atoms with E-state index in [4.69, 9.17) is 10.5 Å². The van der Waals surface area contributed by atoms with Crippen LogP contribution in [0.4, 0.5) is 10.8 Å². The van der Waals surface area contributed by atoms with Crippen molar-refractivity contribution in [1.29, 1.82) is 0 Å². The van der Waals surface area contributed by atoms with E-state index in [1.165, 1.54) is 18.3 Å². The van der Waals surface area contributed by atoms with Gasteiger partial charge in [0.15, 0.2) is 5.13 Å². The van der Waals surface area contributed by atoms with E-state index in [9.17, 15) is 9.59 Å². The highest BCUT2D eigenvalue weighted by Crippen LogP contribution is 2.32. The van der Waals surface area contributed by atoms with Crippen LogP contribution in [0.3, 0.4) is 0 Å². The second-order valence-corrected chi connectivity index (χ2v) is 6.94. The minimum atomic E-state index is -0.548. The molecule has 0 radical (unpaired) electrons. The SMILES string of the molecule is CCc1ccccc1N(C(C)=O)c1nc(COc2ccccc2C(N)=O)cs1. The van der Waals surface area contributed by atoms with Crippen molar-refractivity contribution in [1.82, 2.24) is 4.98 Å². The van der Waals surface area contributed by atoms with E-state index in [1.54, 1.807) is 29.2 Å². The fourth-order valence-corrected chi connectivity index (χ4v) is 3.71. The average molecular weight is 395 g/mol. The molecule has 0 aliphatic heterocycles. The summed E-state index contributed by atoms with van der Waals surface area (Å²) >= 11 is 1.37. The summed E-state index contributed by atoms with van der Waals surface area (Å²) in [6.07, 6.45) is 0.811. The molecule has 3 rings (SSSR count). The molecule has 1 heterocycles. The molecule has 0 aliphatic carbocycles. The van der Waals surface area contributed by atoms with E-state index in [-0.39, 0.29) is 12.5 Å². The van der Waals surface area contributed by atoms with Crippen LogP contribution in [0.2, 0.25) is 0 Å². The standard InChI is InChI=1S/C21H21N3O3S/c1-3-15-8-4-6-10-18(15)24(14(2)25)21-23-16(13-28-21)12-27-19-11-7-5-9-17(19)20(22)26/h4-11,13H,3,12H2,1-2H3,(H2,22,26). The van der Waals surface area contributed by atoms with Crippen LogP contribution in [0.15, 0.2) is 53.9 Å². The van der Waals surface area contributed by atoms with Crippen molar-refractivity contribution in [2.24, 2.45) is 5.73 Å². The Hall–Kier alpha value is -3.19. The number of primary amides is 1. The quantitative estimate of drug-likeness (QED) is 0.653. The van der Waals surface area contributed by atoms with Gasteiger partial charge in [0, 0.05) is 12.3 Å². The fourth-order valence-electron chi connectivity index (χ4n) is 2.85. The predicted molar refractivity (Wildman–Crippen MR) is 110 cm³/mol. The minimum absolute atomic E-state index is 0.109. The summed E-state index contributed by atoms with van der Waals surface area (Å²) < 4.78 is 5.73. The Balaban J connectivity index is 1.82. The van der Waals surface area contributed by atoms with Crippen LogP contribution in [0.1, 0.15) is 35.5 Å². The molecular formula is C21H21N3O3S. The number of hydrogen-bond acceptors (Lipinski definition) is 5. The maximum Gasteiger partial charge on any atom is 0.252 e. The van der Waals surface area contributed by atoms with Crippen molar-refractivity contribution in [3.8, 4) is 5.75 Å². The molecule has 0 saturated heterocycles. The highest BCUT2D eigenvalue weighted by molar-refractivity contribution is 7.14. The zero-order valence-corrected chi connectivity index (χ0v) is 16.5. The number of aromatic nitrogens is 1. The topological polar surface area (TPSA) is 85.5 Å². The Morgan fingerprint density at radius 2 is 1.86 bits per heavy atom. The van der Waals surface area contributed by atoms with E-state index in [1.807, 2.05) is 29.6 Å². The molecule has 3 aromatic rings. The number of rotatable bonds is 7. The molecule has 2 aromatic carbocycles. The van der Waals surface area contributed by atoms with Crippen LogP contribution < -0.4 is 15.4 Å². The third kappa shape index (κ3) is 4.20. The van der Waals surface area contributed by atoms with Crippen LogP contribution in [-0.4, -0.2) is 16.8 Å². The maximum absolute atomic E-state index is 12.3. The van der Waals surface area contributed by atoms with E-state index < -0.39 is 5.91 Å². The van der Waals surface area contributed by atoms with Crippen molar-refractivity contribution >= 4 is 34.0 Å². The molecule has 0 bridgehead atoms. The number of nitrogens with zero attached hydrogens (tertiary/aromatic N) is 2. The third-order valence-electron chi connectivity index (χ3n) is 4.19. The van der Waals surface area contributed by atoms with Gasteiger partial charge in [0.2, 0.25) is 5.91 Å². The first-order chi connectivity index (χ1) is 13.5. The Bertz CT molecular complexity index is 1000. The Morgan fingerprint density at radius 1 is 1.14 bits per heavy atom. The zero-order valence-electron chi connectivity index (χ0n) is 15.7. The normalized spacial score (nSPS) is 10.5. The number of amides is 2. The van der Waals surface area contributed by atoms with Crippen LogP contribution in [0, 0.1) is 0 Å². The summed E-state index contributed by atoms with van der Waals surface area (Å²) in [5, 5.41) is 2.42. The molecule has 0 atom stereocenters. The summed E-state index contributed by atoms with van der Waals surface area (Å²) in [5.74, 6) is -0.250. The van der Waals surface area contributed by atoms with E-state index in [2.05, 4.69) is 11.9 Å². The summed E-state index contributed by atoms with van der Waals surface area (Å²) in [4.78, 5) is 30.0. The lowest BCUT2D eigenvalue weighted by Gasteiger charge is -2.21. The second kappa shape index (κ2) is 8.67. The van der Waals surface area contributed by atoms with E-state index in [0.29, 0.717) is 22.1 Å². The number of hydrogen-bond donors (Lipinski definition) is 1. The number of carbonyl (C=O) groups excluding carboxylic acids is 2. The van der Waals surface area contributed by atoms with Crippen LogP contribution in [0.5, 0.6) is 5.75 Å². The smallest absolute Gasteiger partial charge is 0.252 e. The Labute approximate surface area is 167 Å². The molecule has 2 N–H and O–H groups in total. The molecule has 0 aliphatic rings. The van der Waals surface area contributed by atoms with Gasteiger partial charge in [0.25, 0.3) is 5.91 Å². The third-order valence-corrected chi connectivity index (χ3v) is 5.06. The molecule has 0 saturated carbocycles. The van der Waals surface area contributed by atoms with Gasteiger partial charge in [-0.15, -0.1) is 11.3 Å². The maximum atomic E-state index is 12.3. The summed E-state index contributed by atoms with van der Waals surface area (Å²) in [6.45, 7) is 3.74.